The average molecular weight is 195 g/mol. The van der Waals surface area contributed by atoms with E-state index in [-0.39, 0.29) is 24.7 Å². The number of hydrogen-bond acceptors (Lipinski definition) is 5. The first-order chi connectivity index (χ1) is 5.48. The fraction of sp³-hybridized carbons (Fsp3) is 0.833. The Labute approximate surface area is 71.8 Å². The van der Waals surface area contributed by atoms with E-state index < -0.39 is 15.8 Å². The molecule has 0 aromatic carbocycles. The highest BCUT2D eigenvalue weighted by atomic mass is 32.2. The van der Waals surface area contributed by atoms with Crippen LogP contribution in [0.15, 0.2) is 0 Å². The Bertz CT molecular complexity index is 234. The molecule has 0 aliphatic carbocycles. The Kier molecular flexibility index (Phi) is 4.84. The van der Waals surface area contributed by atoms with Crippen LogP contribution in [0.4, 0.5) is 0 Å². The summed E-state index contributed by atoms with van der Waals surface area (Å²) in [6, 6.07) is 0. The van der Waals surface area contributed by atoms with E-state index in [0.29, 0.717) is 0 Å². The maximum atomic E-state index is 10.9. The van der Waals surface area contributed by atoms with Crippen LogP contribution in [0, 0.1) is 0 Å². The molecule has 0 rings (SSSR count). The van der Waals surface area contributed by atoms with E-state index in [1.165, 1.54) is 6.92 Å². The van der Waals surface area contributed by atoms with Crippen LogP contribution < -0.4 is 5.73 Å². The Morgan fingerprint density at radius 1 is 1.42 bits per heavy atom. The Morgan fingerprint density at radius 2 is 2.00 bits per heavy atom. The number of sulfone groups is 1. The van der Waals surface area contributed by atoms with Gasteiger partial charge < -0.3 is 10.5 Å². The van der Waals surface area contributed by atoms with Gasteiger partial charge in [-0.25, -0.2) is 8.42 Å². The molecule has 0 radical (unpaired) electrons. The summed E-state index contributed by atoms with van der Waals surface area (Å²) < 4.78 is 26.3. The molecule has 0 aromatic heterocycles. The van der Waals surface area contributed by atoms with E-state index >= 15 is 0 Å². The number of hydrogen-bond donors (Lipinski definition) is 1. The normalized spacial score (nSPS) is 11.2. The summed E-state index contributed by atoms with van der Waals surface area (Å²) >= 11 is 0. The minimum absolute atomic E-state index is 0.0612. The van der Waals surface area contributed by atoms with E-state index in [4.69, 9.17) is 5.73 Å². The van der Waals surface area contributed by atoms with Crippen molar-refractivity contribution in [3.05, 3.63) is 0 Å². The molecule has 0 unspecified atom stereocenters. The number of ether oxygens (including phenoxy) is 1. The van der Waals surface area contributed by atoms with Gasteiger partial charge in [-0.05, 0) is 0 Å². The quantitative estimate of drug-likeness (QED) is 0.564. The van der Waals surface area contributed by atoms with Crippen molar-refractivity contribution in [3.8, 4) is 0 Å². The summed E-state index contributed by atoms with van der Waals surface area (Å²) in [5.41, 5.74) is 5.06. The van der Waals surface area contributed by atoms with Crippen molar-refractivity contribution in [3.63, 3.8) is 0 Å². The first-order valence-corrected chi connectivity index (χ1v) is 5.34. The molecule has 0 spiro atoms. The fourth-order valence-corrected chi connectivity index (χ4v) is 1.49. The molecule has 2 N–H and O–H groups in total. The molecule has 12 heavy (non-hydrogen) atoms. The minimum Gasteiger partial charge on any atom is -0.465 e. The van der Waals surface area contributed by atoms with Gasteiger partial charge in [0.2, 0.25) is 0 Å². The standard InChI is InChI=1S/C6H13NO4S/c1-6(8)11-3-5-12(9,10)4-2-7/h2-5,7H2,1H3. The second kappa shape index (κ2) is 5.10. The summed E-state index contributed by atoms with van der Waals surface area (Å²) in [5.74, 6) is -0.684. The number of rotatable bonds is 5. The van der Waals surface area contributed by atoms with Gasteiger partial charge >= 0.3 is 5.97 Å². The van der Waals surface area contributed by atoms with E-state index in [0.717, 1.165) is 0 Å². The molecule has 0 aromatic rings. The topological polar surface area (TPSA) is 86.5 Å². The Balaban J connectivity index is 3.69. The number of carbonyl (C=O) groups excluding carboxylic acids is 1. The first kappa shape index (κ1) is 11.4. The molecular formula is C6H13NO4S. The SMILES string of the molecule is CC(=O)OCCS(=O)(=O)CCN. The second-order valence-electron chi connectivity index (χ2n) is 2.28. The summed E-state index contributed by atoms with van der Waals surface area (Å²) in [6.45, 7) is 1.25. The smallest absolute Gasteiger partial charge is 0.302 e. The molecule has 0 fully saturated rings. The van der Waals surface area contributed by atoms with Crippen molar-refractivity contribution in [1.29, 1.82) is 0 Å². The van der Waals surface area contributed by atoms with Gasteiger partial charge in [0.15, 0.2) is 9.84 Å². The van der Waals surface area contributed by atoms with Crippen molar-refractivity contribution in [2.24, 2.45) is 5.73 Å². The van der Waals surface area contributed by atoms with Gasteiger partial charge in [0, 0.05) is 13.5 Å². The highest BCUT2D eigenvalue weighted by Crippen LogP contribution is 1.89. The maximum Gasteiger partial charge on any atom is 0.302 e. The van der Waals surface area contributed by atoms with E-state index in [1.54, 1.807) is 0 Å². The molecule has 0 saturated carbocycles. The molecule has 0 saturated heterocycles. The third kappa shape index (κ3) is 6.11. The monoisotopic (exact) mass is 195 g/mol. The molecule has 72 valence electrons. The predicted molar refractivity (Wildman–Crippen MR) is 44.3 cm³/mol. The van der Waals surface area contributed by atoms with Crippen LogP contribution in [0.1, 0.15) is 6.92 Å². The van der Waals surface area contributed by atoms with E-state index in [9.17, 15) is 13.2 Å². The molecule has 0 atom stereocenters. The van der Waals surface area contributed by atoms with Gasteiger partial charge in [-0.3, -0.25) is 4.79 Å². The molecule has 0 bridgehead atoms. The van der Waals surface area contributed by atoms with E-state index in [1.807, 2.05) is 0 Å². The summed E-state index contributed by atoms with van der Waals surface area (Å²) in [5, 5.41) is 0. The van der Waals surface area contributed by atoms with Crippen LogP contribution in [0.3, 0.4) is 0 Å². The van der Waals surface area contributed by atoms with Crippen LogP contribution in [-0.4, -0.2) is 39.0 Å². The fourth-order valence-electron chi connectivity index (χ4n) is 0.594. The predicted octanol–water partition coefficient (Wildman–Crippen LogP) is -1.08. The third-order valence-corrected chi connectivity index (χ3v) is 2.77. The lowest BCUT2D eigenvalue weighted by Gasteiger charge is -2.02. The largest absolute Gasteiger partial charge is 0.465 e. The maximum absolute atomic E-state index is 10.9. The highest BCUT2D eigenvalue weighted by molar-refractivity contribution is 7.91. The average Bonchev–Trinajstić information content (AvgIpc) is 1.85. The summed E-state index contributed by atoms with van der Waals surface area (Å²) in [4.78, 5) is 10.2. The highest BCUT2D eigenvalue weighted by Gasteiger charge is 2.09. The van der Waals surface area contributed by atoms with Crippen molar-refractivity contribution in [2.45, 2.75) is 6.92 Å². The van der Waals surface area contributed by atoms with Gasteiger partial charge in [0.25, 0.3) is 0 Å². The third-order valence-electron chi connectivity index (χ3n) is 1.13. The Hall–Kier alpha value is -0.620. The van der Waals surface area contributed by atoms with Gasteiger partial charge in [-0.15, -0.1) is 0 Å². The molecule has 5 nitrogen and oxygen atoms in total. The molecule has 0 aliphatic rings. The number of nitrogens with two attached hydrogens (primary N) is 1. The van der Waals surface area contributed by atoms with Crippen LogP contribution in [0.5, 0.6) is 0 Å². The van der Waals surface area contributed by atoms with Crippen molar-refractivity contribution in [1.82, 2.24) is 0 Å². The molecule has 6 heteroatoms. The number of carbonyl (C=O) groups is 1. The van der Waals surface area contributed by atoms with Crippen molar-refractivity contribution in [2.75, 3.05) is 24.7 Å². The van der Waals surface area contributed by atoms with Gasteiger partial charge in [-0.1, -0.05) is 0 Å². The van der Waals surface area contributed by atoms with Crippen LogP contribution >= 0.6 is 0 Å². The lowest BCUT2D eigenvalue weighted by Crippen LogP contribution is -2.21. The first-order valence-electron chi connectivity index (χ1n) is 3.52. The van der Waals surface area contributed by atoms with Crippen LogP contribution in [-0.2, 0) is 19.4 Å². The van der Waals surface area contributed by atoms with Crippen LogP contribution in [0.2, 0.25) is 0 Å². The van der Waals surface area contributed by atoms with Crippen LogP contribution in [0.25, 0.3) is 0 Å². The molecule has 0 heterocycles. The van der Waals surface area contributed by atoms with Crippen molar-refractivity contribution >= 4 is 15.8 Å². The molecular weight excluding hydrogens is 182 g/mol. The zero-order chi connectivity index (χ0) is 9.61. The molecule has 0 amide bonds. The zero-order valence-corrected chi connectivity index (χ0v) is 7.76. The second-order valence-corrected chi connectivity index (χ2v) is 4.58. The van der Waals surface area contributed by atoms with E-state index in [2.05, 4.69) is 4.74 Å². The minimum atomic E-state index is -3.13. The van der Waals surface area contributed by atoms with Gasteiger partial charge in [-0.2, -0.15) is 0 Å². The lowest BCUT2D eigenvalue weighted by atomic mass is 10.8. The zero-order valence-electron chi connectivity index (χ0n) is 6.95. The van der Waals surface area contributed by atoms with Gasteiger partial charge in [0.1, 0.15) is 6.61 Å². The Morgan fingerprint density at radius 3 is 2.42 bits per heavy atom. The molecule has 0 aliphatic heterocycles. The summed E-state index contributed by atoms with van der Waals surface area (Å²) in [6.07, 6.45) is 0. The lowest BCUT2D eigenvalue weighted by molar-refractivity contribution is -0.140. The van der Waals surface area contributed by atoms with Crippen molar-refractivity contribution < 1.29 is 17.9 Å². The number of esters is 1. The summed E-state index contributed by atoms with van der Waals surface area (Å²) in [7, 11) is -3.13. The van der Waals surface area contributed by atoms with Gasteiger partial charge in [0.05, 0.1) is 11.5 Å².